The number of nitrogens with one attached hydrogen (secondary N) is 1. The van der Waals surface area contributed by atoms with E-state index in [1.165, 1.54) is 0 Å². The average molecular weight is 414 g/mol. The Morgan fingerprint density at radius 3 is 2.59 bits per heavy atom. The Morgan fingerprint density at radius 1 is 1.17 bits per heavy atom. The number of aryl methyl sites for hydroxylation is 1. The fourth-order valence-corrected chi connectivity index (χ4v) is 2.94. The summed E-state index contributed by atoms with van der Waals surface area (Å²) in [7, 11) is 0. The Labute approximate surface area is 175 Å². The van der Waals surface area contributed by atoms with E-state index in [0.717, 1.165) is 22.4 Å². The second kappa shape index (κ2) is 9.09. The van der Waals surface area contributed by atoms with Crippen LogP contribution in [0.5, 0.6) is 5.75 Å². The molecular weight excluding hydrogens is 390 g/mol. The molecule has 3 aromatic rings. The molecule has 0 aliphatic carbocycles. The Morgan fingerprint density at radius 2 is 1.90 bits per heavy atom. The van der Waals surface area contributed by atoms with Gasteiger partial charge in [-0.3, -0.25) is 4.79 Å². The van der Waals surface area contributed by atoms with Crippen LogP contribution < -0.4 is 10.1 Å². The van der Waals surface area contributed by atoms with Gasteiger partial charge in [0.25, 0.3) is 5.91 Å². The minimum absolute atomic E-state index is 0.123. The van der Waals surface area contributed by atoms with Crippen LogP contribution in [0.3, 0.4) is 0 Å². The van der Waals surface area contributed by atoms with Crippen molar-refractivity contribution in [2.75, 3.05) is 0 Å². The topological polar surface area (TPSA) is 77.2 Å². The van der Waals surface area contributed by atoms with Crippen molar-refractivity contribution in [2.45, 2.75) is 46.3 Å². The predicted octanol–water partition coefficient (Wildman–Crippen LogP) is 4.91. The number of amides is 1. The van der Waals surface area contributed by atoms with E-state index in [2.05, 4.69) is 29.3 Å². The first-order valence-corrected chi connectivity index (χ1v) is 9.84. The Balaban J connectivity index is 1.60. The molecule has 0 bridgehead atoms. The lowest BCUT2D eigenvalue weighted by molar-refractivity contribution is -0.127. The molecule has 1 aromatic heterocycles. The van der Waals surface area contributed by atoms with Gasteiger partial charge in [0.05, 0.1) is 6.54 Å². The summed E-state index contributed by atoms with van der Waals surface area (Å²) in [5.41, 5.74) is 2.94. The van der Waals surface area contributed by atoms with Gasteiger partial charge in [0.2, 0.25) is 11.7 Å². The van der Waals surface area contributed by atoms with Crippen LogP contribution in [0.2, 0.25) is 5.02 Å². The van der Waals surface area contributed by atoms with Crippen molar-refractivity contribution in [3.63, 3.8) is 0 Å². The fraction of sp³-hybridized carbons (Fsp3) is 0.318. The Kier molecular flexibility index (Phi) is 6.54. The Hall–Kier alpha value is -2.86. The molecule has 0 saturated carbocycles. The smallest absolute Gasteiger partial charge is 0.261 e. The third-order valence-electron chi connectivity index (χ3n) is 4.45. The number of carbonyl (C=O) groups is 1. The molecule has 6 nitrogen and oxygen atoms in total. The normalized spacial score (nSPS) is 12.1. The molecule has 1 amide bonds. The number of carbonyl (C=O) groups excluding carboxylic acids is 1. The summed E-state index contributed by atoms with van der Waals surface area (Å²) < 4.78 is 11.1. The van der Waals surface area contributed by atoms with Crippen molar-refractivity contribution in [1.82, 2.24) is 15.5 Å². The summed E-state index contributed by atoms with van der Waals surface area (Å²) in [5, 5.41) is 7.34. The van der Waals surface area contributed by atoms with Gasteiger partial charge in [-0.2, -0.15) is 4.98 Å². The first kappa shape index (κ1) is 20.9. The molecule has 0 unspecified atom stereocenters. The maximum Gasteiger partial charge on any atom is 0.261 e. The van der Waals surface area contributed by atoms with E-state index >= 15 is 0 Å². The van der Waals surface area contributed by atoms with Crippen LogP contribution in [0.25, 0.3) is 11.4 Å². The largest absolute Gasteiger partial charge is 0.481 e. The van der Waals surface area contributed by atoms with Crippen LogP contribution in [-0.4, -0.2) is 22.2 Å². The Bertz CT molecular complexity index is 983. The number of ether oxygens (including phenoxy) is 1. The quantitative estimate of drug-likeness (QED) is 0.595. The predicted molar refractivity (Wildman–Crippen MR) is 112 cm³/mol. The van der Waals surface area contributed by atoms with Gasteiger partial charge in [-0.15, -0.1) is 0 Å². The van der Waals surface area contributed by atoms with Gasteiger partial charge in [0.1, 0.15) is 5.75 Å². The van der Waals surface area contributed by atoms with Gasteiger partial charge < -0.3 is 14.6 Å². The zero-order valence-electron chi connectivity index (χ0n) is 16.9. The van der Waals surface area contributed by atoms with Crippen LogP contribution in [0, 0.1) is 6.92 Å². The van der Waals surface area contributed by atoms with Gasteiger partial charge in [0, 0.05) is 10.6 Å². The van der Waals surface area contributed by atoms with Crippen LogP contribution in [0.15, 0.2) is 47.0 Å². The number of hydrogen-bond acceptors (Lipinski definition) is 5. The number of aromatic nitrogens is 2. The summed E-state index contributed by atoms with van der Waals surface area (Å²) in [5.74, 6) is 1.52. The molecule has 1 atom stereocenters. The van der Waals surface area contributed by atoms with E-state index in [9.17, 15) is 4.79 Å². The maximum atomic E-state index is 12.5. The van der Waals surface area contributed by atoms with Gasteiger partial charge in [0.15, 0.2) is 6.10 Å². The van der Waals surface area contributed by atoms with Crippen LogP contribution in [-0.2, 0) is 11.3 Å². The van der Waals surface area contributed by atoms with E-state index in [1.54, 1.807) is 31.2 Å². The molecule has 0 fully saturated rings. The summed E-state index contributed by atoms with van der Waals surface area (Å²) in [4.78, 5) is 16.8. The van der Waals surface area contributed by atoms with Crippen molar-refractivity contribution in [3.05, 3.63) is 64.5 Å². The van der Waals surface area contributed by atoms with Gasteiger partial charge >= 0.3 is 0 Å². The monoisotopic (exact) mass is 413 g/mol. The molecule has 0 spiro atoms. The number of nitrogens with zero attached hydrogens (tertiary/aromatic N) is 2. The third-order valence-corrected chi connectivity index (χ3v) is 4.70. The van der Waals surface area contributed by atoms with Crippen molar-refractivity contribution < 1.29 is 14.1 Å². The molecule has 0 saturated heterocycles. The number of hydrogen-bond donors (Lipinski definition) is 1. The molecule has 29 heavy (non-hydrogen) atoms. The summed E-state index contributed by atoms with van der Waals surface area (Å²) in [6, 6.07) is 13.2. The molecule has 0 aliphatic rings. The number of rotatable bonds is 7. The van der Waals surface area contributed by atoms with Crippen molar-refractivity contribution >= 4 is 17.5 Å². The van der Waals surface area contributed by atoms with E-state index < -0.39 is 6.10 Å². The standard InChI is InChI=1S/C22H24ClN3O3/c1-13(2)18-10-5-14(3)11-19(18)28-15(4)22(27)24-12-20-25-21(26-29-20)16-6-8-17(23)9-7-16/h5-11,13,15H,12H2,1-4H3,(H,24,27)/t15-/m0/s1. The maximum absolute atomic E-state index is 12.5. The lowest BCUT2D eigenvalue weighted by Crippen LogP contribution is -2.36. The van der Waals surface area contributed by atoms with Crippen molar-refractivity contribution in [2.24, 2.45) is 0 Å². The third kappa shape index (κ3) is 5.35. The second-order valence-electron chi connectivity index (χ2n) is 7.19. The molecular formula is C22H24ClN3O3. The minimum Gasteiger partial charge on any atom is -0.481 e. The lowest BCUT2D eigenvalue weighted by atomic mass is 10.0. The summed E-state index contributed by atoms with van der Waals surface area (Å²) in [6.07, 6.45) is -0.659. The van der Waals surface area contributed by atoms with E-state index in [1.807, 2.05) is 25.1 Å². The summed E-state index contributed by atoms with van der Waals surface area (Å²) >= 11 is 5.89. The van der Waals surface area contributed by atoms with Crippen molar-refractivity contribution in [1.29, 1.82) is 0 Å². The molecule has 0 radical (unpaired) electrons. The van der Waals surface area contributed by atoms with E-state index in [-0.39, 0.29) is 12.5 Å². The van der Waals surface area contributed by atoms with Gasteiger partial charge in [-0.25, -0.2) is 0 Å². The highest BCUT2D eigenvalue weighted by molar-refractivity contribution is 6.30. The lowest BCUT2D eigenvalue weighted by Gasteiger charge is -2.19. The number of benzene rings is 2. The molecule has 3 rings (SSSR count). The number of halogens is 1. The highest BCUT2D eigenvalue weighted by atomic mass is 35.5. The first-order chi connectivity index (χ1) is 13.8. The fourth-order valence-electron chi connectivity index (χ4n) is 2.81. The highest BCUT2D eigenvalue weighted by Gasteiger charge is 2.18. The van der Waals surface area contributed by atoms with E-state index in [0.29, 0.717) is 22.7 Å². The zero-order valence-corrected chi connectivity index (χ0v) is 17.7. The molecule has 0 aliphatic heterocycles. The van der Waals surface area contributed by atoms with Crippen molar-refractivity contribution in [3.8, 4) is 17.1 Å². The summed E-state index contributed by atoms with van der Waals surface area (Å²) in [6.45, 7) is 8.02. The molecule has 152 valence electrons. The average Bonchev–Trinajstić information content (AvgIpc) is 3.15. The SMILES string of the molecule is Cc1ccc(C(C)C)c(O[C@@H](C)C(=O)NCc2nc(-c3ccc(Cl)cc3)no2)c1. The van der Waals surface area contributed by atoms with E-state index in [4.69, 9.17) is 20.9 Å². The second-order valence-corrected chi connectivity index (χ2v) is 7.63. The van der Waals surface area contributed by atoms with Crippen LogP contribution in [0.1, 0.15) is 43.7 Å². The first-order valence-electron chi connectivity index (χ1n) is 9.47. The van der Waals surface area contributed by atoms with Gasteiger partial charge in [-0.1, -0.05) is 42.7 Å². The molecule has 7 heteroatoms. The van der Waals surface area contributed by atoms with Crippen LogP contribution >= 0.6 is 11.6 Å². The molecule has 1 heterocycles. The molecule has 1 N–H and O–H groups in total. The van der Waals surface area contributed by atoms with Crippen LogP contribution in [0.4, 0.5) is 0 Å². The molecule has 2 aromatic carbocycles. The van der Waals surface area contributed by atoms with Gasteiger partial charge in [-0.05, 0) is 61.2 Å². The highest BCUT2D eigenvalue weighted by Crippen LogP contribution is 2.28. The zero-order chi connectivity index (χ0) is 21.0. The minimum atomic E-state index is -0.659.